The minimum absolute atomic E-state index is 0.0680. The van der Waals surface area contributed by atoms with Gasteiger partial charge < -0.3 is 9.47 Å². The Morgan fingerprint density at radius 3 is 2.37 bits per heavy atom. The molecular weight excluding hydrogens is 368 g/mol. The Kier molecular flexibility index (Phi) is 4.66. The van der Waals surface area contributed by atoms with Crippen LogP contribution in [-0.2, 0) is 7.05 Å². The zero-order valence-electron chi connectivity index (χ0n) is 17.5. The fourth-order valence-electron chi connectivity index (χ4n) is 4.89. The van der Waals surface area contributed by atoms with Gasteiger partial charge in [-0.2, -0.15) is 0 Å². The maximum atomic E-state index is 13.4. The van der Waals surface area contributed by atoms with Crippen LogP contribution in [0.5, 0.6) is 0 Å². The van der Waals surface area contributed by atoms with E-state index in [4.69, 9.17) is 0 Å². The average molecular weight is 395 g/mol. The number of carbonyl (C=O) groups is 1. The second-order valence-corrected chi connectivity index (χ2v) is 8.05. The highest BCUT2D eigenvalue weighted by Crippen LogP contribution is 2.46. The van der Waals surface area contributed by atoms with Crippen LogP contribution in [0.25, 0.3) is 22.2 Å². The highest BCUT2D eigenvalue weighted by molar-refractivity contribution is 6.02. The Balaban J connectivity index is 1.82. The van der Waals surface area contributed by atoms with Gasteiger partial charge in [-0.05, 0) is 29.7 Å². The molecule has 1 amide bonds. The number of para-hydroxylation sites is 1. The molecule has 1 aliphatic heterocycles. The van der Waals surface area contributed by atoms with E-state index < -0.39 is 0 Å². The number of unbranched alkanes of at least 4 members (excludes halogenated alkanes) is 1. The summed E-state index contributed by atoms with van der Waals surface area (Å²) in [5.74, 6) is 0.149. The molecule has 0 N–H and O–H groups in total. The SMILES string of the molecule is CCCCN1C(=O)c2ccccc2C1c1c(-c2ccccc2)n(C)c2ccccc12. The van der Waals surface area contributed by atoms with E-state index in [9.17, 15) is 4.79 Å². The van der Waals surface area contributed by atoms with Crippen molar-refractivity contribution in [3.63, 3.8) is 0 Å². The first kappa shape index (κ1) is 18.7. The highest BCUT2D eigenvalue weighted by Gasteiger charge is 2.40. The van der Waals surface area contributed by atoms with Gasteiger partial charge in [0, 0.05) is 35.6 Å². The lowest BCUT2D eigenvalue weighted by Crippen LogP contribution is -2.30. The smallest absolute Gasteiger partial charge is 0.255 e. The van der Waals surface area contributed by atoms with Crippen molar-refractivity contribution in [2.45, 2.75) is 25.8 Å². The molecule has 2 heterocycles. The van der Waals surface area contributed by atoms with Crippen molar-refractivity contribution < 1.29 is 4.79 Å². The summed E-state index contributed by atoms with van der Waals surface area (Å²) < 4.78 is 2.28. The second-order valence-electron chi connectivity index (χ2n) is 8.05. The Morgan fingerprint density at radius 1 is 0.867 bits per heavy atom. The summed E-state index contributed by atoms with van der Waals surface area (Å²) in [4.78, 5) is 15.5. The van der Waals surface area contributed by atoms with Crippen LogP contribution in [0.1, 0.15) is 47.3 Å². The van der Waals surface area contributed by atoms with E-state index in [1.165, 1.54) is 27.7 Å². The molecular formula is C27H26N2O. The van der Waals surface area contributed by atoms with Crippen molar-refractivity contribution in [2.24, 2.45) is 7.05 Å². The van der Waals surface area contributed by atoms with Crippen molar-refractivity contribution in [3.8, 4) is 11.3 Å². The van der Waals surface area contributed by atoms with Gasteiger partial charge in [0.2, 0.25) is 0 Å². The van der Waals surface area contributed by atoms with Gasteiger partial charge in [-0.15, -0.1) is 0 Å². The number of aryl methyl sites for hydroxylation is 1. The quantitative estimate of drug-likeness (QED) is 0.396. The molecule has 150 valence electrons. The van der Waals surface area contributed by atoms with Gasteiger partial charge in [0.25, 0.3) is 5.91 Å². The largest absolute Gasteiger partial charge is 0.343 e. The van der Waals surface area contributed by atoms with Crippen LogP contribution in [0.4, 0.5) is 0 Å². The van der Waals surface area contributed by atoms with E-state index in [-0.39, 0.29) is 11.9 Å². The molecule has 4 aromatic rings. The van der Waals surface area contributed by atoms with E-state index in [0.29, 0.717) is 0 Å². The van der Waals surface area contributed by atoms with Crippen LogP contribution in [0.3, 0.4) is 0 Å². The third-order valence-corrected chi connectivity index (χ3v) is 6.28. The first-order chi connectivity index (χ1) is 14.7. The first-order valence-electron chi connectivity index (χ1n) is 10.7. The van der Waals surface area contributed by atoms with Gasteiger partial charge in [-0.1, -0.05) is 80.1 Å². The minimum Gasteiger partial charge on any atom is -0.343 e. The van der Waals surface area contributed by atoms with E-state index in [2.05, 4.69) is 84.1 Å². The Hall–Kier alpha value is -3.33. The second kappa shape index (κ2) is 7.49. The summed E-state index contributed by atoms with van der Waals surface area (Å²) in [7, 11) is 2.13. The normalized spacial score (nSPS) is 15.7. The molecule has 0 saturated heterocycles. The van der Waals surface area contributed by atoms with Gasteiger partial charge >= 0.3 is 0 Å². The number of amides is 1. The van der Waals surface area contributed by atoms with Crippen LogP contribution in [0.15, 0.2) is 78.9 Å². The van der Waals surface area contributed by atoms with Gasteiger partial charge in [0.05, 0.1) is 11.7 Å². The first-order valence-corrected chi connectivity index (χ1v) is 10.7. The maximum Gasteiger partial charge on any atom is 0.255 e. The molecule has 0 saturated carbocycles. The van der Waals surface area contributed by atoms with Gasteiger partial charge in [-0.3, -0.25) is 4.79 Å². The van der Waals surface area contributed by atoms with E-state index in [1.807, 2.05) is 18.2 Å². The predicted molar refractivity (Wildman–Crippen MR) is 123 cm³/mol. The van der Waals surface area contributed by atoms with Crippen LogP contribution < -0.4 is 0 Å². The summed E-state index contributed by atoms with van der Waals surface area (Å²) in [6.07, 6.45) is 2.07. The number of rotatable bonds is 5. The molecule has 3 heteroatoms. The molecule has 3 nitrogen and oxygen atoms in total. The zero-order valence-corrected chi connectivity index (χ0v) is 17.5. The van der Waals surface area contributed by atoms with Crippen LogP contribution in [0.2, 0.25) is 0 Å². The summed E-state index contributed by atoms with van der Waals surface area (Å²) in [5, 5.41) is 1.22. The number of hydrogen-bond acceptors (Lipinski definition) is 1. The monoisotopic (exact) mass is 394 g/mol. The Morgan fingerprint density at radius 2 is 1.57 bits per heavy atom. The van der Waals surface area contributed by atoms with Crippen molar-refractivity contribution in [2.75, 3.05) is 6.54 Å². The maximum absolute atomic E-state index is 13.4. The minimum atomic E-state index is -0.0680. The molecule has 30 heavy (non-hydrogen) atoms. The van der Waals surface area contributed by atoms with Crippen molar-refractivity contribution >= 4 is 16.8 Å². The van der Waals surface area contributed by atoms with Gasteiger partial charge in [-0.25, -0.2) is 0 Å². The number of aromatic nitrogens is 1. The molecule has 5 rings (SSSR count). The Labute approximate surface area is 177 Å². The molecule has 0 spiro atoms. The summed E-state index contributed by atoms with van der Waals surface area (Å²) >= 11 is 0. The summed E-state index contributed by atoms with van der Waals surface area (Å²) in [6.45, 7) is 2.95. The fourth-order valence-corrected chi connectivity index (χ4v) is 4.89. The summed E-state index contributed by atoms with van der Waals surface area (Å²) in [6, 6.07) is 27.1. The number of benzene rings is 3. The van der Waals surface area contributed by atoms with Gasteiger partial charge in [0.1, 0.15) is 0 Å². The van der Waals surface area contributed by atoms with Crippen LogP contribution in [0, 0.1) is 0 Å². The molecule has 1 aliphatic rings. The van der Waals surface area contributed by atoms with Crippen molar-refractivity contribution in [1.29, 1.82) is 0 Å². The van der Waals surface area contributed by atoms with E-state index >= 15 is 0 Å². The summed E-state index contributed by atoms with van der Waals surface area (Å²) in [5.41, 5.74) is 6.75. The molecule has 1 unspecified atom stereocenters. The average Bonchev–Trinajstić information content (AvgIpc) is 3.24. The molecule has 0 aliphatic carbocycles. The lowest BCUT2D eigenvalue weighted by Gasteiger charge is -2.27. The third-order valence-electron chi connectivity index (χ3n) is 6.28. The van der Waals surface area contributed by atoms with Crippen molar-refractivity contribution in [3.05, 3.63) is 95.6 Å². The molecule has 0 fully saturated rings. The zero-order chi connectivity index (χ0) is 20.7. The molecule has 0 radical (unpaired) electrons. The van der Waals surface area contributed by atoms with Crippen LogP contribution >= 0.6 is 0 Å². The third kappa shape index (κ3) is 2.77. The number of carbonyl (C=O) groups excluding carboxylic acids is 1. The number of nitrogens with zero attached hydrogens (tertiary/aromatic N) is 2. The molecule has 1 aromatic heterocycles. The van der Waals surface area contributed by atoms with E-state index in [1.54, 1.807) is 0 Å². The molecule has 1 atom stereocenters. The lowest BCUT2D eigenvalue weighted by atomic mass is 9.93. The van der Waals surface area contributed by atoms with Crippen LogP contribution in [-0.4, -0.2) is 21.9 Å². The van der Waals surface area contributed by atoms with Gasteiger partial charge in [0.15, 0.2) is 0 Å². The molecule has 0 bridgehead atoms. The number of hydrogen-bond donors (Lipinski definition) is 0. The van der Waals surface area contributed by atoms with E-state index in [0.717, 1.165) is 30.5 Å². The number of fused-ring (bicyclic) bond motifs is 2. The lowest BCUT2D eigenvalue weighted by molar-refractivity contribution is 0.0748. The highest BCUT2D eigenvalue weighted by atomic mass is 16.2. The van der Waals surface area contributed by atoms with Crippen molar-refractivity contribution in [1.82, 2.24) is 9.47 Å². The Bertz CT molecular complexity index is 1220. The molecule has 3 aromatic carbocycles. The predicted octanol–water partition coefficient (Wildman–Crippen LogP) is 6.19. The topological polar surface area (TPSA) is 25.2 Å². The fraction of sp³-hybridized carbons (Fsp3) is 0.222. The standard InChI is InChI=1S/C27H26N2O/c1-3-4-18-29-26(20-14-8-9-15-21(20)27(29)30)24-22-16-10-11-17-23(22)28(2)25(24)19-12-6-5-7-13-19/h5-17,26H,3-4,18H2,1-2H3.